The molecular formula is C27H46O6. The van der Waals surface area contributed by atoms with Crippen molar-refractivity contribution in [3.63, 3.8) is 0 Å². The number of aliphatic carboxylic acids is 1. The molecule has 0 heterocycles. The molecule has 4 fully saturated rings. The summed E-state index contributed by atoms with van der Waals surface area (Å²) in [6.45, 7) is 8.26. The summed E-state index contributed by atoms with van der Waals surface area (Å²) in [5.41, 5.74) is -0.292. The second kappa shape index (κ2) is 9.07. The molecule has 0 amide bonds. The van der Waals surface area contributed by atoms with Crippen molar-refractivity contribution in [1.29, 1.82) is 0 Å². The lowest BCUT2D eigenvalue weighted by atomic mass is 9.43. The van der Waals surface area contributed by atoms with Crippen molar-refractivity contribution in [3.05, 3.63) is 0 Å². The van der Waals surface area contributed by atoms with Crippen molar-refractivity contribution in [2.24, 2.45) is 52.3 Å². The molecule has 6 nitrogen and oxygen atoms in total. The lowest BCUT2D eigenvalue weighted by molar-refractivity contribution is -0.208. The third kappa shape index (κ3) is 4.07. The number of fused-ring (bicyclic) bond motifs is 5. The van der Waals surface area contributed by atoms with Crippen LogP contribution < -0.4 is 0 Å². The first-order valence-corrected chi connectivity index (χ1v) is 13.4. The average Bonchev–Trinajstić information content (AvgIpc) is 3.11. The Bertz CT molecular complexity index is 727. The van der Waals surface area contributed by atoms with Crippen LogP contribution in [0.15, 0.2) is 0 Å². The number of aliphatic hydroxyl groups is 4. The Balaban J connectivity index is 1.54. The van der Waals surface area contributed by atoms with Crippen LogP contribution in [0.25, 0.3) is 0 Å². The first kappa shape index (κ1) is 25.4. The summed E-state index contributed by atoms with van der Waals surface area (Å²) >= 11 is 0. The highest BCUT2D eigenvalue weighted by Gasteiger charge is 2.66. The lowest BCUT2D eigenvalue weighted by Crippen LogP contribution is -2.62. The largest absolute Gasteiger partial charge is 0.481 e. The second-order valence-electron chi connectivity index (χ2n) is 12.8. The molecule has 0 aromatic heterocycles. The standard InChI is InChI=1S/C27H46O6/c1-14(25(32)33)5-8-21(29)15(2)18-6-7-19-24-20(13-23(31)27(18,19)4)26(3)10-9-17(28)11-16(26)12-22(24)30/h14-24,28-31H,5-13H2,1-4H3,(H,32,33)/t14?,15-,16+,17+,18+,19-,20-,21-,22+,23-,24-,26-,27+/m0/s1. The van der Waals surface area contributed by atoms with Crippen molar-refractivity contribution in [2.75, 3.05) is 0 Å². The van der Waals surface area contributed by atoms with Gasteiger partial charge in [0.2, 0.25) is 0 Å². The minimum atomic E-state index is -0.829. The molecular weight excluding hydrogens is 420 g/mol. The van der Waals surface area contributed by atoms with Gasteiger partial charge in [-0.05, 0) is 104 Å². The quantitative estimate of drug-likeness (QED) is 0.409. The number of hydrogen-bond acceptors (Lipinski definition) is 5. The maximum atomic E-state index is 11.6. The molecule has 0 spiro atoms. The van der Waals surface area contributed by atoms with Crippen LogP contribution in [0.2, 0.25) is 0 Å². The highest BCUT2D eigenvalue weighted by Crippen LogP contribution is 2.68. The molecule has 1 unspecified atom stereocenters. The molecule has 0 aliphatic heterocycles. The van der Waals surface area contributed by atoms with E-state index in [1.807, 2.05) is 0 Å². The van der Waals surface area contributed by atoms with E-state index in [0.29, 0.717) is 25.2 Å². The number of carboxylic acid groups (broad SMARTS) is 1. The first-order valence-electron chi connectivity index (χ1n) is 13.4. The molecule has 6 heteroatoms. The first-order chi connectivity index (χ1) is 15.4. The maximum Gasteiger partial charge on any atom is 0.306 e. The normalized spacial score (nSPS) is 49.9. The molecule has 4 saturated carbocycles. The summed E-state index contributed by atoms with van der Waals surface area (Å²) in [6.07, 6.45) is 5.03. The zero-order valence-electron chi connectivity index (χ0n) is 20.9. The van der Waals surface area contributed by atoms with Crippen molar-refractivity contribution in [1.82, 2.24) is 0 Å². The molecule has 33 heavy (non-hydrogen) atoms. The molecule has 0 aromatic rings. The van der Waals surface area contributed by atoms with Gasteiger partial charge in [0.15, 0.2) is 0 Å². The van der Waals surface area contributed by atoms with E-state index in [-0.39, 0.29) is 46.5 Å². The number of carboxylic acids is 1. The van der Waals surface area contributed by atoms with Gasteiger partial charge in [-0.1, -0.05) is 27.7 Å². The smallest absolute Gasteiger partial charge is 0.306 e. The van der Waals surface area contributed by atoms with Crippen molar-refractivity contribution in [3.8, 4) is 0 Å². The fourth-order valence-corrected chi connectivity index (χ4v) is 9.14. The fraction of sp³-hybridized carbons (Fsp3) is 0.963. The molecule has 0 radical (unpaired) electrons. The van der Waals surface area contributed by atoms with Gasteiger partial charge in [0.25, 0.3) is 0 Å². The summed E-state index contributed by atoms with van der Waals surface area (Å²) in [5, 5.41) is 53.4. The van der Waals surface area contributed by atoms with Crippen LogP contribution in [0, 0.1) is 52.3 Å². The highest BCUT2D eigenvalue weighted by atomic mass is 16.4. The Kier molecular flexibility index (Phi) is 6.98. The Morgan fingerprint density at radius 1 is 0.970 bits per heavy atom. The second-order valence-corrected chi connectivity index (χ2v) is 12.8. The summed E-state index contributed by atoms with van der Waals surface area (Å²) < 4.78 is 0. The molecule has 0 saturated heterocycles. The lowest BCUT2D eigenvalue weighted by Gasteiger charge is -2.63. The van der Waals surface area contributed by atoms with Gasteiger partial charge in [0.05, 0.1) is 30.3 Å². The van der Waals surface area contributed by atoms with E-state index in [1.54, 1.807) is 6.92 Å². The Morgan fingerprint density at radius 2 is 1.67 bits per heavy atom. The molecule has 5 N–H and O–H groups in total. The summed E-state index contributed by atoms with van der Waals surface area (Å²) in [7, 11) is 0. The Morgan fingerprint density at radius 3 is 2.33 bits per heavy atom. The molecule has 4 aliphatic rings. The van der Waals surface area contributed by atoms with Crippen LogP contribution in [-0.4, -0.2) is 55.9 Å². The summed E-state index contributed by atoms with van der Waals surface area (Å²) in [6, 6.07) is 0. The molecule has 13 atom stereocenters. The van der Waals surface area contributed by atoms with E-state index in [1.165, 1.54) is 0 Å². The number of carbonyl (C=O) groups is 1. The molecule has 4 aliphatic carbocycles. The summed E-state index contributed by atoms with van der Waals surface area (Å²) in [4.78, 5) is 11.2. The van der Waals surface area contributed by atoms with Crippen LogP contribution in [0.3, 0.4) is 0 Å². The van der Waals surface area contributed by atoms with E-state index < -0.39 is 30.2 Å². The molecule has 190 valence electrons. The number of hydrogen-bond donors (Lipinski definition) is 5. The molecule has 0 bridgehead atoms. The average molecular weight is 467 g/mol. The van der Waals surface area contributed by atoms with Crippen LogP contribution in [-0.2, 0) is 4.79 Å². The third-order valence-corrected chi connectivity index (χ3v) is 11.4. The van der Waals surface area contributed by atoms with Crippen LogP contribution in [0.4, 0.5) is 0 Å². The van der Waals surface area contributed by atoms with E-state index in [4.69, 9.17) is 0 Å². The fourth-order valence-electron chi connectivity index (χ4n) is 9.14. The monoisotopic (exact) mass is 466 g/mol. The van der Waals surface area contributed by atoms with Gasteiger partial charge in [-0.25, -0.2) is 0 Å². The van der Waals surface area contributed by atoms with E-state index >= 15 is 0 Å². The Hall–Kier alpha value is -0.690. The minimum Gasteiger partial charge on any atom is -0.481 e. The number of aliphatic hydroxyl groups excluding tert-OH is 4. The van der Waals surface area contributed by atoms with Gasteiger partial charge in [-0.15, -0.1) is 0 Å². The SMILES string of the molecule is CC(CC[C@H](O)[C@@H](C)[C@H]1CC[C@H]2[C@@H]3[C@H](O)C[C@H]4C[C@H](O)CC[C@]4(C)[C@H]3C[C@H](O)[C@]12C)C(=O)O. The number of rotatable bonds is 6. The van der Waals surface area contributed by atoms with Gasteiger partial charge in [0, 0.05) is 0 Å². The van der Waals surface area contributed by atoms with Crippen molar-refractivity contribution < 1.29 is 30.3 Å². The van der Waals surface area contributed by atoms with E-state index in [2.05, 4.69) is 20.8 Å². The van der Waals surface area contributed by atoms with Gasteiger partial charge < -0.3 is 25.5 Å². The maximum absolute atomic E-state index is 11.6. The zero-order valence-corrected chi connectivity index (χ0v) is 20.9. The Labute approximate surface area is 198 Å². The summed E-state index contributed by atoms with van der Waals surface area (Å²) in [5.74, 6) is -0.213. The van der Waals surface area contributed by atoms with Crippen molar-refractivity contribution in [2.45, 2.75) is 110 Å². The van der Waals surface area contributed by atoms with E-state index in [9.17, 15) is 30.3 Å². The van der Waals surface area contributed by atoms with Crippen molar-refractivity contribution >= 4 is 5.97 Å². The van der Waals surface area contributed by atoms with Gasteiger partial charge >= 0.3 is 5.97 Å². The third-order valence-electron chi connectivity index (χ3n) is 11.4. The van der Waals surface area contributed by atoms with Gasteiger partial charge in [-0.3, -0.25) is 4.79 Å². The minimum absolute atomic E-state index is 0.0268. The van der Waals surface area contributed by atoms with Gasteiger partial charge in [0.1, 0.15) is 0 Å². The van der Waals surface area contributed by atoms with E-state index in [0.717, 1.165) is 38.5 Å². The predicted molar refractivity (Wildman–Crippen MR) is 125 cm³/mol. The highest BCUT2D eigenvalue weighted by molar-refractivity contribution is 5.69. The predicted octanol–water partition coefficient (Wildman–Crippen LogP) is 3.45. The topological polar surface area (TPSA) is 118 Å². The van der Waals surface area contributed by atoms with Crippen LogP contribution >= 0.6 is 0 Å². The van der Waals surface area contributed by atoms with Crippen LogP contribution in [0.1, 0.15) is 85.5 Å². The van der Waals surface area contributed by atoms with Crippen LogP contribution in [0.5, 0.6) is 0 Å². The zero-order chi connectivity index (χ0) is 24.3. The molecule has 0 aromatic carbocycles. The molecule has 4 rings (SSSR count). The van der Waals surface area contributed by atoms with Gasteiger partial charge in [-0.2, -0.15) is 0 Å².